The Hall–Kier alpha value is -3.39. The second-order valence-corrected chi connectivity index (χ2v) is 8.41. The third-order valence-electron chi connectivity index (χ3n) is 4.53. The number of rotatable bonds is 8. The van der Waals surface area contributed by atoms with Crippen molar-refractivity contribution in [3.63, 3.8) is 0 Å². The van der Waals surface area contributed by atoms with Crippen molar-refractivity contribution in [3.8, 4) is 17.1 Å². The Morgan fingerprint density at radius 2 is 1.71 bits per heavy atom. The van der Waals surface area contributed by atoms with E-state index < -0.39 is 0 Å². The largest absolute Gasteiger partial charge is 0.310 e. The molecule has 8 heteroatoms. The Morgan fingerprint density at radius 1 is 1.00 bits per heavy atom. The van der Waals surface area contributed by atoms with E-state index >= 15 is 0 Å². The highest BCUT2D eigenvalue weighted by molar-refractivity contribution is 7.99. The normalized spacial score (nSPS) is 11.1. The molecule has 0 bridgehead atoms. The van der Waals surface area contributed by atoms with Crippen molar-refractivity contribution in [1.82, 2.24) is 24.5 Å². The first-order chi connectivity index (χ1) is 15.1. The van der Waals surface area contributed by atoms with Gasteiger partial charge < -0.3 is 5.32 Å². The molecule has 2 aromatic carbocycles. The van der Waals surface area contributed by atoms with Crippen LogP contribution in [-0.2, 0) is 11.3 Å². The molecule has 0 saturated heterocycles. The van der Waals surface area contributed by atoms with Crippen LogP contribution in [0.15, 0.2) is 78.1 Å². The minimum Gasteiger partial charge on any atom is -0.310 e. The standard InChI is InChI=1S/C23H24N6OS/c1-17(2)15-28-20(13-14-24-28)25-21(30)16-31-23-27-26-22(18-9-5-3-6-10-18)29(23)19-11-7-4-8-12-19/h3-14,17H,15-16H2,1-2H3,(H,25,30). The van der Waals surface area contributed by atoms with Gasteiger partial charge in [0.2, 0.25) is 5.91 Å². The number of thioether (sulfide) groups is 1. The van der Waals surface area contributed by atoms with Crippen LogP contribution in [0.25, 0.3) is 17.1 Å². The highest BCUT2D eigenvalue weighted by atomic mass is 32.2. The van der Waals surface area contributed by atoms with Crippen LogP contribution in [0.5, 0.6) is 0 Å². The summed E-state index contributed by atoms with van der Waals surface area (Å²) < 4.78 is 3.80. The van der Waals surface area contributed by atoms with E-state index in [4.69, 9.17) is 0 Å². The van der Waals surface area contributed by atoms with Crippen molar-refractivity contribution in [2.24, 2.45) is 5.92 Å². The minimum atomic E-state index is -0.112. The number of hydrogen-bond donors (Lipinski definition) is 1. The number of aromatic nitrogens is 5. The quantitative estimate of drug-likeness (QED) is 0.414. The maximum Gasteiger partial charge on any atom is 0.235 e. The number of para-hydroxylation sites is 1. The summed E-state index contributed by atoms with van der Waals surface area (Å²) >= 11 is 1.35. The van der Waals surface area contributed by atoms with Gasteiger partial charge in [0.1, 0.15) is 5.82 Å². The molecule has 0 aliphatic heterocycles. The third-order valence-corrected chi connectivity index (χ3v) is 5.46. The molecule has 4 rings (SSSR count). The molecule has 0 saturated carbocycles. The second-order valence-electron chi connectivity index (χ2n) is 7.47. The molecule has 31 heavy (non-hydrogen) atoms. The molecule has 0 aliphatic carbocycles. The number of amides is 1. The monoisotopic (exact) mass is 432 g/mol. The van der Waals surface area contributed by atoms with Crippen LogP contribution in [0.2, 0.25) is 0 Å². The summed E-state index contributed by atoms with van der Waals surface area (Å²) in [6, 6.07) is 21.6. The zero-order chi connectivity index (χ0) is 21.6. The maximum atomic E-state index is 12.6. The van der Waals surface area contributed by atoms with E-state index in [0.29, 0.717) is 16.9 Å². The van der Waals surface area contributed by atoms with Gasteiger partial charge in [0, 0.05) is 23.9 Å². The molecule has 158 valence electrons. The van der Waals surface area contributed by atoms with Crippen LogP contribution >= 0.6 is 11.8 Å². The first kappa shape index (κ1) is 20.9. The van der Waals surface area contributed by atoms with E-state index in [-0.39, 0.29) is 11.7 Å². The van der Waals surface area contributed by atoms with Crippen LogP contribution in [-0.4, -0.2) is 36.2 Å². The van der Waals surface area contributed by atoms with Crippen LogP contribution in [0.4, 0.5) is 5.82 Å². The smallest absolute Gasteiger partial charge is 0.235 e. The number of benzene rings is 2. The number of nitrogens with zero attached hydrogens (tertiary/aromatic N) is 5. The number of carbonyl (C=O) groups is 1. The third kappa shape index (κ3) is 5.03. The first-order valence-electron chi connectivity index (χ1n) is 10.1. The molecule has 0 unspecified atom stereocenters. The topological polar surface area (TPSA) is 77.6 Å². The van der Waals surface area contributed by atoms with E-state index in [1.165, 1.54) is 11.8 Å². The lowest BCUT2D eigenvalue weighted by Gasteiger charge is -2.12. The van der Waals surface area contributed by atoms with Crippen LogP contribution < -0.4 is 5.32 Å². The second kappa shape index (κ2) is 9.61. The van der Waals surface area contributed by atoms with E-state index in [9.17, 15) is 4.79 Å². The fraction of sp³-hybridized carbons (Fsp3) is 0.217. The summed E-state index contributed by atoms with van der Waals surface area (Å²) in [5.74, 6) is 1.98. The molecule has 2 heterocycles. The summed E-state index contributed by atoms with van der Waals surface area (Å²) in [7, 11) is 0. The summed E-state index contributed by atoms with van der Waals surface area (Å²) in [6.07, 6.45) is 1.70. The van der Waals surface area contributed by atoms with Crippen molar-refractivity contribution >= 4 is 23.5 Å². The number of nitrogens with one attached hydrogen (secondary N) is 1. The number of carbonyl (C=O) groups excluding carboxylic acids is 1. The Labute approximate surface area is 185 Å². The average Bonchev–Trinajstić information content (AvgIpc) is 3.40. The minimum absolute atomic E-state index is 0.112. The van der Waals surface area contributed by atoms with Gasteiger partial charge in [-0.2, -0.15) is 5.10 Å². The number of anilines is 1. The summed E-state index contributed by atoms with van der Waals surface area (Å²) in [5.41, 5.74) is 1.91. The van der Waals surface area contributed by atoms with Crippen molar-refractivity contribution in [1.29, 1.82) is 0 Å². The zero-order valence-corrected chi connectivity index (χ0v) is 18.3. The lowest BCUT2D eigenvalue weighted by molar-refractivity contribution is -0.113. The van der Waals surface area contributed by atoms with Crippen LogP contribution in [0, 0.1) is 5.92 Å². The Balaban J connectivity index is 1.53. The fourth-order valence-corrected chi connectivity index (χ4v) is 3.94. The molecule has 0 aliphatic rings. The highest BCUT2D eigenvalue weighted by Crippen LogP contribution is 2.28. The van der Waals surface area contributed by atoms with Crippen molar-refractivity contribution in [2.45, 2.75) is 25.5 Å². The SMILES string of the molecule is CC(C)Cn1nccc1NC(=O)CSc1nnc(-c2ccccc2)n1-c1ccccc1. The Kier molecular flexibility index (Phi) is 6.47. The molecule has 1 N–H and O–H groups in total. The highest BCUT2D eigenvalue weighted by Gasteiger charge is 2.17. The lowest BCUT2D eigenvalue weighted by atomic mass is 10.2. The van der Waals surface area contributed by atoms with Crippen LogP contribution in [0.3, 0.4) is 0 Å². The first-order valence-corrected chi connectivity index (χ1v) is 11.1. The van der Waals surface area contributed by atoms with Gasteiger partial charge in [-0.25, -0.2) is 4.68 Å². The number of hydrogen-bond acceptors (Lipinski definition) is 5. The Bertz CT molecular complexity index is 1140. The molecule has 1 amide bonds. The average molecular weight is 433 g/mol. The van der Waals surface area contributed by atoms with Crippen molar-refractivity contribution in [2.75, 3.05) is 11.1 Å². The van der Waals surface area contributed by atoms with Crippen molar-refractivity contribution < 1.29 is 4.79 Å². The molecule has 0 radical (unpaired) electrons. The van der Waals surface area contributed by atoms with E-state index in [0.717, 1.165) is 23.6 Å². The zero-order valence-electron chi connectivity index (χ0n) is 17.5. The molecular weight excluding hydrogens is 408 g/mol. The summed E-state index contributed by atoms with van der Waals surface area (Å²) in [5, 5.41) is 16.7. The Morgan fingerprint density at radius 3 is 2.42 bits per heavy atom. The van der Waals surface area contributed by atoms with Crippen molar-refractivity contribution in [3.05, 3.63) is 72.9 Å². The van der Waals surface area contributed by atoms with Gasteiger partial charge in [0.15, 0.2) is 11.0 Å². The van der Waals surface area contributed by atoms with Gasteiger partial charge in [-0.3, -0.25) is 9.36 Å². The van der Waals surface area contributed by atoms with Crippen LogP contribution in [0.1, 0.15) is 13.8 Å². The van der Waals surface area contributed by atoms with Gasteiger partial charge in [-0.05, 0) is 18.1 Å². The summed E-state index contributed by atoms with van der Waals surface area (Å²) in [6.45, 7) is 4.98. The van der Waals surface area contributed by atoms with Gasteiger partial charge in [0.25, 0.3) is 0 Å². The molecular formula is C23H24N6OS. The molecule has 0 spiro atoms. The van der Waals surface area contributed by atoms with Gasteiger partial charge >= 0.3 is 0 Å². The molecule has 4 aromatic rings. The molecule has 2 aromatic heterocycles. The van der Waals surface area contributed by atoms with E-state index in [2.05, 4.69) is 34.5 Å². The van der Waals surface area contributed by atoms with E-state index in [1.807, 2.05) is 76.0 Å². The molecule has 0 fully saturated rings. The predicted molar refractivity (Wildman–Crippen MR) is 123 cm³/mol. The van der Waals surface area contributed by atoms with Gasteiger partial charge in [-0.1, -0.05) is 74.1 Å². The fourth-order valence-electron chi connectivity index (χ4n) is 3.19. The maximum absolute atomic E-state index is 12.6. The lowest BCUT2D eigenvalue weighted by Crippen LogP contribution is -2.19. The van der Waals surface area contributed by atoms with E-state index in [1.54, 1.807) is 6.20 Å². The predicted octanol–water partition coefficient (Wildman–Crippen LogP) is 4.52. The van der Waals surface area contributed by atoms with Gasteiger partial charge in [-0.15, -0.1) is 10.2 Å². The molecule has 0 atom stereocenters. The molecule has 7 nitrogen and oxygen atoms in total. The van der Waals surface area contributed by atoms with Gasteiger partial charge in [0.05, 0.1) is 11.9 Å². The summed E-state index contributed by atoms with van der Waals surface area (Å²) in [4.78, 5) is 12.6.